The van der Waals surface area contributed by atoms with E-state index >= 15 is 0 Å². The standard InChI is InChI=1S/C20H18F6N2OS.CH3I.HI/c1-30-17-27-11-18(28-17,14-5-3-2-4-6-14)12-29-10-13-7-15(19(21,22)23)9-16(8-13)20(24,25)26;1-2;/h2-9H,10-12H2,1H3,(H,27,28);1H3;1H. The van der Waals surface area contributed by atoms with Crippen molar-refractivity contribution in [2.45, 2.75) is 24.5 Å². The normalized spacial score (nSPS) is 17.9. The van der Waals surface area contributed by atoms with E-state index in [1.807, 2.05) is 41.5 Å². The van der Waals surface area contributed by atoms with Crippen molar-refractivity contribution in [2.24, 2.45) is 4.99 Å². The summed E-state index contributed by atoms with van der Waals surface area (Å²) in [6, 6.07) is 10.7. The fourth-order valence-electron chi connectivity index (χ4n) is 3.14. The van der Waals surface area contributed by atoms with E-state index in [4.69, 9.17) is 4.74 Å². The van der Waals surface area contributed by atoms with Crippen LogP contribution < -0.4 is 5.32 Å². The van der Waals surface area contributed by atoms with E-state index in [0.717, 1.165) is 5.56 Å². The van der Waals surface area contributed by atoms with Crippen molar-refractivity contribution < 1.29 is 31.1 Å². The van der Waals surface area contributed by atoms with Crippen LogP contribution >= 0.6 is 58.3 Å². The Hall–Kier alpha value is -0.740. The molecule has 3 rings (SSSR count). The molecule has 1 heterocycles. The van der Waals surface area contributed by atoms with Crippen LogP contribution in [-0.2, 0) is 29.2 Å². The van der Waals surface area contributed by atoms with Crippen molar-refractivity contribution >= 4 is 63.5 Å². The van der Waals surface area contributed by atoms with Crippen LogP contribution in [0.15, 0.2) is 53.5 Å². The molecule has 2 aromatic rings. The van der Waals surface area contributed by atoms with Crippen molar-refractivity contribution in [2.75, 3.05) is 24.3 Å². The Bertz CT molecular complexity index is 893. The van der Waals surface area contributed by atoms with Crippen LogP contribution in [0.2, 0.25) is 0 Å². The third-order valence-electron chi connectivity index (χ3n) is 4.62. The summed E-state index contributed by atoms with van der Waals surface area (Å²) in [5.74, 6) is 0. The Morgan fingerprint density at radius 3 is 2.00 bits per heavy atom. The number of nitrogens with one attached hydrogen (secondary N) is 1. The molecule has 33 heavy (non-hydrogen) atoms. The van der Waals surface area contributed by atoms with Gasteiger partial charge in [-0.05, 0) is 40.5 Å². The number of hydrogen-bond donors (Lipinski definition) is 1. The minimum atomic E-state index is -4.89. The van der Waals surface area contributed by atoms with Gasteiger partial charge in [0, 0.05) is 0 Å². The second-order valence-corrected chi connectivity index (χ2v) is 7.60. The third-order valence-corrected chi connectivity index (χ3v) is 5.24. The van der Waals surface area contributed by atoms with Gasteiger partial charge >= 0.3 is 12.4 Å². The molecular weight excluding hydrogens is 696 g/mol. The first-order valence-electron chi connectivity index (χ1n) is 9.19. The Balaban J connectivity index is 0.00000177. The average Bonchev–Trinajstić information content (AvgIpc) is 3.19. The fraction of sp³-hybridized carbons (Fsp3) is 0.381. The second kappa shape index (κ2) is 12.8. The number of rotatable bonds is 5. The maximum atomic E-state index is 13.0. The molecule has 1 N–H and O–H groups in total. The quantitative estimate of drug-likeness (QED) is 0.203. The molecule has 0 bridgehead atoms. The van der Waals surface area contributed by atoms with E-state index in [-0.39, 0.29) is 42.2 Å². The molecule has 0 spiro atoms. The maximum Gasteiger partial charge on any atom is 0.416 e. The molecular formula is C21H22F6I2N2OS. The number of amidine groups is 1. The van der Waals surface area contributed by atoms with Crippen LogP contribution in [0.3, 0.4) is 0 Å². The van der Waals surface area contributed by atoms with Gasteiger partial charge in [-0.2, -0.15) is 26.3 Å². The third kappa shape index (κ3) is 8.16. The highest BCUT2D eigenvalue weighted by Crippen LogP contribution is 2.36. The summed E-state index contributed by atoms with van der Waals surface area (Å²) in [5.41, 5.74) is -2.81. The molecule has 2 aromatic carbocycles. The molecule has 1 aliphatic heterocycles. The highest BCUT2D eigenvalue weighted by Gasteiger charge is 2.39. The molecule has 3 nitrogen and oxygen atoms in total. The first kappa shape index (κ1) is 30.3. The highest BCUT2D eigenvalue weighted by atomic mass is 127. The SMILES string of the molecule is CI.CSC1=NCC(COCc2cc(C(F)(F)F)cc(C(F)(F)F)c2)(c2ccccc2)N1.I. The monoisotopic (exact) mass is 718 g/mol. The molecule has 0 fully saturated rings. The van der Waals surface area contributed by atoms with Crippen LogP contribution in [0.4, 0.5) is 26.3 Å². The van der Waals surface area contributed by atoms with Gasteiger partial charge < -0.3 is 10.1 Å². The number of aliphatic imine (C=N–C) groups is 1. The van der Waals surface area contributed by atoms with Gasteiger partial charge in [0.25, 0.3) is 0 Å². The van der Waals surface area contributed by atoms with Crippen molar-refractivity contribution in [3.63, 3.8) is 0 Å². The van der Waals surface area contributed by atoms with Gasteiger partial charge in [-0.3, -0.25) is 4.99 Å². The number of ether oxygens (including phenoxy) is 1. The smallest absolute Gasteiger partial charge is 0.374 e. The van der Waals surface area contributed by atoms with Crippen LogP contribution in [-0.4, -0.2) is 29.5 Å². The Morgan fingerprint density at radius 2 is 1.55 bits per heavy atom. The van der Waals surface area contributed by atoms with E-state index in [2.05, 4.69) is 32.9 Å². The Labute approximate surface area is 223 Å². The molecule has 0 aliphatic carbocycles. The summed E-state index contributed by atoms with van der Waals surface area (Å²) in [7, 11) is 0. The lowest BCUT2D eigenvalue weighted by Crippen LogP contribution is -2.46. The first-order chi connectivity index (χ1) is 15.0. The summed E-state index contributed by atoms with van der Waals surface area (Å²) in [4.78, 5) is 6.36. The number of alkyl halides is 7. The van der Waals surface area contributed by atoms with Crippen LogP contribution in [0.1, 0.15) is 22.3 Å². The van der Waals surface area contributed by atoms with Crippen molar-refractivity contribution in [1.29, 1.82) is 0 Å². The highest BCUT2D eigenvalue weighted by molar-refractivity contribution is 14.1. The number of benzene rings is 2. The van der Waals surface area contributed by atoms with Crippen molar-refractivity contribution in [3.8, 4) is 0 Å². The second-order valence-electron chi connectivity index (χ2n) is 6.81. The lowest BCUT2D eigenvalue weighted by Gasteiger charge is -2.30. The van der Waals surface area contributed by atoms with Gasteiger partial charge in [0.2, 0.25) is 0 Å². The predicted octanol–water partition coefficient (Wildman–Crippen LogP) is 7.13. The van der Waals surface area contributed by atoms with Gasteiger partial charge in [0.05, 0.1) is 30.9 Å². The van der Waals surface area contributed by atoms with Gasteiger partial charge in [-0.25, -0.2) is 0 Å². The van der Waals surface area contributed by atoms with E-state index in [9.17, 15) is 26.3 Å². The molecule has 0 saturated carbocycles. The van der Waals surface area contributed by atoms with Gasteiger partial charge in [-0.15, -0.1) is 24.0 Å². The number of halogens is 8. The molecule has 12 heteroatoms. The number of thioether (sulfide) groups is 1. The minimum absolute atomic E-state index is 0. The summed E-state index contributed by atoms with van der Waals surface area (Å²) in [5, 5.41) is 3.94. The minimum Gasteiger partial charge on any atom is -0.374 e. The van der Waals surface area contributed by atoms with Gasteiger partial charge in [-0.1, -0.05) is 64.7 Å². The molecule has 0 saturated heterocycles. The summed E-state index contributed by atoms with van der Waals surface area (Å²) >= 11 is 3.55. The molecule has 0 aromatic heterocycles. The lowest BCUT2D eigenvalue weighted by atomic mass is 9.91. The molecule has 1 unspecified atom stereocenters. The molecule has 0 radical (unpaired) electrons. The molecule has 184 valence electrons. The summed E-state index contributed by atoms with van der Waals surface area (Å²) in [6.07, 6.45) is -7.94. The van der Waals surface area contributed by atoms with Gasteiger partial charge in [0.1, 0.15) is 5.54 Å². The largest absolute Gasteiger partial charge is 0.416 e. The van der Waals surface area contributed by atoms with Crippen LogP contribution in [0, 0.1) is 0 Å². The van der Waals surface area contributed by atoms with Crippen molar-refractivity contribution in [1.82, 2.24) is 5.32 Å². The molecule has 1 aliphatic rings. The van der Waals surface area contributed by atoms with E-state index in [0.29, 0.717) is 23.8 Å². The Morgan fingerprint density at radius 1 is 1.00 bits per heavy atom. The summed E-state index contributed by atoms with van der Waals surface area (Å²) in [6.45, 7) is -0.0520. The first-order valence-corrected chi connectivity index (χ1v) is 12.6. The topological polar surface area (TPSA) is 33.6 Å². The predicted molar refractivity (Wildman–Crippen MR) is 139 cm³/mol. The Kier molecular flexibility index (Phi) is 11.8. The number of hydrogen-bond acceptors (Lipinski definition) is 4. The molecule has 1 atom stereocenters. The average molecular weight is 718 g/mol. The maximum absolute atomic E-state index is 13.0. The van der Waals surface area contributed by atoms with Crippen LogP contribution in [0.5, 0.6) is 0 Å². The fourth-order valence-corrected chi connectivity index (χ4v) is 3.63. The zero-order valence-electron chi connectivity index (χ0n) is 17.6. The van der Waals surface area contributed by atoms with Gasteiger partial charge in [0.15, 0.2) is 5.17 Å². The zero-order chi connectivity index (χ0) is 24.0. The van der Waals surface area contributed by atoms with E-state index < -0.39 is 35.6 Å². The number of nitrogens with zero attached hydrogens (tertiary/aromatic N) is 1. The van der Waals surface area contributed by atoms with E-state index in [1.54, 1.807) is 0 Å². The lowest BCUT2D eigenvalue weighted by molar-refractivity contribution is -0.143. The zero-order valence-corrected chi connectivity index (χ0v) is 22.9. The molecule has 0 amide bonds. The summed E-state index contributed by atoms with van der Waals surface area (Å²) < 4.78 is 83.8. The van der Waals surface area contributed by atoms with Crippen molar-refractivity contribution in [3.05, 3.63) is 70.8 Å². The van der Waals surface area contributed by atoms with E-state index in [1.165, 1.54) is 11.8 Å². The van der Waals surface area contributed by atoms with Crippen LogP contribution in [0.25, 0.3) is 0 Å².